The summed E-state index contributed by atoms with van der Waals surface area (Å²) in [5.41, 5.74) is 9.02. The normalized spacial score (nSPS) is 17.8. The van der Waals surface area contributed by atoms with E-state index in [4.69, 9.17) is 17.3 Å². The number of benzene rings is 1. The Morgan fingerprint density at radius 1 is 1.33 bits per heavy atom. The largest absolute Gasteiger partial charge is 0.325 e. The molecule has 2 rings (SSSR count). The molecule has 1 aromatic rings. The van der Waals surface area contributed by atoms with Crippen molar-refractivity contribution in [2.45, 2.75) is 44.6 Å². The Morgan fingerprint density at radius 3 is 2.67 bits per heavy atom. The van der Waals surface area contributed by atoms with Crippen LogP contribution in [-0.2, 0) is 12.8 Å². The zero-order valence-corrected chi connectivity index (χ0v) is 9.98. The van der Waals surface area contributed by atoms with Gasteiger partial charge < -0.3 is 5.73 Å². The van der Waals surface area contributed by atoms with Crippen LogP contribution in [0.15, 0.2) is 18.2 Å². The molecule has 2 heteroatoms. The molecule has 0 radical (unpaired) electrons. The van der Waals surface area contributed by atoms with Crippen LogP contribution < -0.4 is 5.73 Å². The van der Waals surface area contributed by atoms with E-state index in [1.807, 2.05) is 6.07 Å². The predicted molar refractivity (Wildman–Crippen MR) is 65.3 cm³/mol. The first-order valence-electron chi connectivity index (χ1n) is 5.69. The van der Waals surface area contributed by atoms with Gasteiger partial charge in [-0.1, -0.05) is 24.6 Å². The molecule has 1 fully saturated rings. The van der Waals surface area contributed by atoms with Crippen molar-refractivity contribution in [1.82, 2.24) is 0 Å². The predicted octanol–water partition coefficient (Wildman–Crippen LogP) is 3.33. The SMILES string of the molecule is CCc1ccc(Cl)cc1CCC1(N)CC1. The Hall–Kier alpha value is -0.530. The van der Waals surface area contributed by atoms with E-state index in [-0.39, 0.29) is 5.54 Å². The van der Waals surface area contributed by atoms with Crippen LogP contribution in [0.25, 0.3) is 0 Å². The van der Waals surface area contributed by atoms with Crippen molar-refractivity contribution in [3.05, 3.63) is 34.3 Å². The molecule has 0 spiro atoms. The van der Waals surface area contributed by atoms with Crippen LogP contribution in [0, 0.1) is 0 Å². The summed E-state index contributed by atoms with van der Waals surface area (Å²) in [5.74, 6) is 0. The summed E-state index contributed by atoms with van der Waals surface area (Å²) in [6, 6.07) is 6.19. The number of rotatable bonds is 4. The van der Waals surface area contributed by atoms with Gasteiger partial charge in [-0.2, -0.15) is 0 Å². The van der Waals surface area contributed by atoms with E-state index in [1.165, 1.54) is 24.0 Å². The van der Waals surface area contributed by atoms with Gasteiger partial charge in [0.2, 0.25) is 0 Å². The minimum absolute atomic E-state index is 0.146. The minimum atomic E-state index is 0.146. The van der Waals surface area contributed by atoms with Gasteiger partial charge in [0.15, 0.2) is 0 Å². The van der Waals surface area contributed by atoms with Crippen molar-refractivity contribution in [3.8, 4) is 0 Å². The monoisotopic (exact) mass is 223 g/mol. The average molecular weight is 224 g/mol. The second-order valence-corrected chi connectivity index (χ2v) is 5.07. The summed E-state index contributed by atoms with van der Waals surface area (Å²) >= 11 is 6.01. The van der Waals surface area contributed by atoms with Crippen LogP contribution in [0.2, 0.25) is 5.02 Å². The van der Waals surface area contributed by atoms with E-state index >= 15 is 0 Å². The third-order valence-electron chi connectivity index (χ3n) is 3.33. The van der Waals surface area contributed by atoms with Crippen LogP contribution in [0.4, 0.5) is 0 Å². The molecule has 2 N–H and O–H groups in total. The topological polar surface area (TPSA) is 26.0 Å². The van der Waals surface area contributed by atoms with Gasteiger partial charge in [0.05, 0.1) is 0 Å². The quantitative estimate of drug-likeness (QED) is 0.833. The zero-order chi connectivity index (χ0) is 10.9. The third-order valence-corrected chi connectivity index (χ3v) is 3.57. The highest BCUT2D eigenvalue weighted by molar-refractivity contribution is 6.30. The maximum absolute atomic E-state index is 6.09. The van der Waals surface area contributed by atoms with Crippen molar-refractivity contribution in [3.63, 3.8) is 0 Å². The van der Waals surface area contributed by atoms with Crippen LogP contribution in [0.3, 0.4) is 0 Å². The second-order valence-electron chi connectivity index (χ2n) is 4.63. The molecule has 0 heterocycles. The summed E-state index contributed by atoms with van der Waals surface area (Å²) < 4.78 is 0. The van der Waals surface area contributed by atoms with Gasteiger partial charge in [-0.3, -0.25) is 0 Å². The fourth-order valence-corrected chi connectivity index (χ4v) is 2.16. The second kappa shape index (κ2) is 4.15. The summed E-state index contributed by atoms with van der Waals surface area (Å²) in [6.45, 7) is 2.18. The molecule has 1 aliphatic rings. The highest BCUT2D eigenvalue weighted by Crippen LogP contribution is 2.37. The first-order valence-corrected chi connectivity index (χ1v) is 6.07. The van der Waals surface area contributed by atoms with Crippen LogP contribution in [0.1, 0.15) is 37.3 Å². The molecule has 1 aromatic carbocycles. The molecule has 0 amide bonds. The average Bonchev–Trinajstić information content (AvgIpc) is 2.95. The molecule has 1 aliphatic carbocycles. The third kappa shape index (κ3) is 2.73. The van der Waals surface area contributed by atoms with Gasteiger partial charge in [0, 0.05) is 10.6 Å². The maximum atomic E-state index is 6.09. The number of halogens is 1. The number of aryl methyl sites for hydroxylation is 2. The Bertz CT molecular complexity index is 356. The van der Waals surface area contributed by atoms with E-state index in [0.29, 0.717) is 0 Å². The highest BCUT2D eigenvalue weighted by atomic mass is 35.5. The molecule has 15 heavy (non-hydrogen) atoms. The maximum Gasteiger partial charge on any atom is 0.0408 e. The molecule has 0 bridgehead atoms. The first-order chi connectivity index (χ1) is 7.13. The van der Waals surface area contributed by atoms with E-state index in [9.17, 15) is 0 Å². The van der Waals surface area contributed by atoms with Crippen molar-refractivity contribution in [2.75, 3.05) is 0 Å². The molecular weight excluding hydrogens is 206 g/mol. The van der Waals surface area contributed by atoms with Crippen molar-refractivity contribution < 1.29 is 0 Å². The Kier molecular flexibility index (Phi) is 3.03. The molecule has 0 saturated heterocycles. The summed E-state index contributed by atoms with van der Waals surface area (Å²) in [6.07, 6.45) is 5.62. The Morgan fingerprint density at radius 2 is 2.07 bits per heavy atom. The minimum Gasteiger partial charge on any atom is -0.325 e. The summed E-state index contributed by atoms with van der Waals surface area (Å²) in [7, 11) is 0. The zero-order valence-electron chi connectivity index (χ0n) is 9.22. The van der Waals surface area contributed by atoms with Gasteiger partial charge in [-0.25, -0.2) is 0 Å². The molecule has 0 unspecified atom stereocenters. The van der Waals surface area contributed by atoms with E-state index in [0.717, 1.165) is 24.3 Å². The summed E-state index contributed by atoms with van der Waals surface area (Å²) in [5, 5.41) is 0.837. The molecule has 0 aromatic heterocycles. The van der Waals surface area contributed by atoms with Crippen molar-refractivity contribution >= 4 is 11.6 Å². The Balaban J connectivity index is 2.08. The molecule has 82 valence electrons. The Labute approximate surface area is 96.6 Å². The first kappa shape index (κ1) is 11.0. The number of nitrogens with two attached hydrogens (primary N) is 1. The standard InChI is InChI=1S/C13H18ClN/c1-2-10-3-4-12(14)9-11(10)5-6-13(15)7-8-13/h3-4,9H,2,5-8,15H2,1H3. The van der Waals surface area contributed by atoms with E-state index < -0.39 is 0 Å². The van der Waals surface area contributed by atoms with Gasteiger partial charge >= 0.3 is 0 Å². The van der Waals surface area contributed by atoms with Crippen LogP contribution >= 0.6 is 11.6 Å². The molecular formula is C13H18ClN. The van der Waals surface area contributed by atoms with Gasteiger partial charge in [-0.15, -0.1) is 0 Å². The smallest absolute Gasteiger partial charge is 0.0408 e. The number of hydrogen-bond acceptors (Lipinski definition) is 1. The lowest BCUT2D eigenvalue weighted by atomic mass is 9.98. The lowest BCUT2D eigenvalue weighted by Crippen LogP contribution is -2.22. The fourth-order valence-electron chi connectivity index (χ4n) is 1.97. The highest BCUT2D eigenvalue weighted by Gasteiger charge is 2.37. The van der Waals surface area contributed by atoms with Gasteiger partial charge in [0.1, 0.15) is 0 Å². The van der Waals surface area contributed by atoms with E-state index in [2.05, 4.69) is 19.1 Å². The molecule has 0 aliphatic heterocycles. The van der Waals surface area contributed by atoms with Crippen LogP contribution in [-0.4, -0.2) is 5.54 Å². The molecule has 1 saturated carbocycles. The van der Waals surface area contributed by atoms with Gasteiger partial charge in [0.25, 0.3) is 0 Å². The van der Waals surface area contributed by atoms with E-state index in [1.54, 1.807) is 0 Å². The lowest BCUT2D eigenvalue weighted by molar-refractivity contribution is 0.607. The van der Waals surface area contributed by atoms with Gasteiger partial charge in [-0.05, 0) is 55.4 Å². The number of hydrogen-bond donors (Lipinski definition) is 1. The lowest BCUT2D eigenvalue weighted by Gasteiger charge is -2.11. The van der Waals surface area contributed by atoms with Crippen LogP contribution in [0.5, 0.6) is 0 Å². The fraction of sp³-hybridized carbons (Fsp3) is 0.538. The molecule has 0 atom stereocenters. The molecule has 1 nitrogen and oxygen atoms in total. The van der Waals surface area contributed by atoms with Crippen molar-refractivity contribution in [1.29, 1.82) is 0 Å². The van der Waals surface area contributed by atoms with Crippen molar-refractivity contribution in [2.24, 2.45) is 5.73 Å². The summed E-state index contributed by atoms with van der Waals surface area (Å²) in [4.78, 5) is 0.